The van der Waals surface area contributed by atoms with Gasteiger partial charge in [0.1, 0.15) is 22.9 Å². The second-order valence-electron chi connectivity index (χ2n) is 7.40. The number of nitrogens with one attached hydrogen (secondary N) is 1. The zero-order chi connectivity index (χ0) is 22.8. The molecule has 3 heterocycles. The first-order valence-corrected chi connectivity index (χ1v) is 11.6. The minimum absolute atomic E-state index is 0.489. The van der Waals surface area contributed by atoms with Gasteiger partial charge in [-0.05, 0) is 49.9 Å². The Morgan fingerprint density at radius 1 is 1.03 bits per heavy atom. The molecule has 0 bridgehead atoms. The van der Waals surface area contributed by atoms with E-state index >= 15 is 0 Å². The Balaban J connectivity index is 1.74. The molecule has 1 N–H and O–H groups in total. The lowest BCUT2D eigenvalue weighted by Gasteiger charge is -2.16. The maximum absolute atomic E-state index is 5.69. The topological polar surface area (TPSA) is 96.2 Å². The van der Waals surface area contributed by atoms with Crippen LogP contribution >= 0.6 is 11.9 Å². The average Bonchev–Trinajstić information content (AvgIpc) is 3.61. The predicted octanol–water partition coefficient (Wildman–Crippen LogP) is 4.52. The Morgan fingerprint density at radius 3 is 2.48 bits per heavy atom. The fourth-order valence-corrected chi connectivity index (χ4v) is 4.19. The molecule has 0 aliphatic heterocycles. The second kappa shape index (κ2) is 9.14. The number of methoxy groups -OCH3 is 2. The molecule has 1 aromatic carbocycles. The number of rotatable bonds is 9. The average molecular weight is 465 g/mol. The fourth-order valence-electron chi connectivity index (χ4n) is 3.43. The van der Waals surface area contributed by atoms with E-state index in [4.69, 9.17) is 24.2 Å². The van der Waals surface area contributed by atoms with Gasteiger partial charge in [0.2, 0.25) is 5.88 Å². The zero-order valence-electron chi connectivity index (χ0n) is 18.6. The van der Waals surface area contributed by atoms with Crippen LogP contribution in [0.3, 0.4) is 0 Å². The summed E-state index contributed by atoms with van der Waals surface area (Å²) in [7, 11) is 3.24. The highest BCUT2D eigenvalue weighted by molar-refractivity contribution is 8.01. The first kappa shape index (κ1) is 21.3. The van der Waals surface area contributed by atoms with Crippen molar-refractivity contribution in [3.8, 4) is 34.6 Å². The monoisotopic (exact) mass is 464 g/mol. The molecule has 33 heavy (non-hydrogen) atoms. The van der Waals surface area contributed by atoms with Gasteiger partial charge in [0, 0.05) is 11.3 Å². The summed E-state index contributed by atoms with van der Waals surface area (Å²) in [6.45, 7) is 2.44. The lowest BCUT2D eigenvalue weighted by Crippen LogP contribution is -2.06. The Bertz CT molecular complexity index is 1270. The summed E-state index contributed by atoms with van der Waals surface area (Å²) >= 11 is 1.67. The van der Waals surface area contributed by atoms with Crippen LogP contribution in [0.2, 0.25) is 0 Å². The Hall–Kier alpha value is -3.53. The van der Waals surface area contributed by atoms with Gasteiger partial charge >= 0.3 is 0 Å². The third-order valence-corrected chi connectivity index (χ3v) is 6.23. The number of hydrogen-bond acceptors (Lipinski definition) is 9. The number of nitrogens with zero attached hydrogens (tertiary/aromatic N) is 5. The minimum atomic E-state index is 0.489. The molecule has 10 heteroatoms. The second-order valence-corrected chi connectivity index (χ2v) is 8.50. The van der Waals surface area contributed by atoms with Crippen LogP contribution in [-0.2, 0) is 0 Å². The molecule has 5 rings (SSSR count). The van der Waals surface area contributed by atoms with Crippen LogP contribution in [-0.4, -0.2) is 50.6 Å². The van der Waals surface area contributed by atoms with Gasteiger partial charge in [-0.3, -0.25) is 4.57 Å². The summed E-state index contributed by atoms with van der Waals surface area (Å²) in [5.74, 6) is 2.97. The largest absolute Gasteiger partial charge is 0.494 e. The molecular formula is C23H24N6O3S. The van der Waals surface area contributed by atoms with E-state index in [1.165, 1.54) is 12.8 Å². The number of pyridine rings is 1. The van der Waals surface area contributed by atoms with Crippen molar-refractivity contribution in [1.82, 2.24) is 24.5 Å². The normalized spacial score (nSPS) is 13.2. The van der Waals surface area contributed by atoms with E-state index in [9.17, 15) is 0 Å². The van der Waals surface area contributed by atoms with Crippen molar-refractivity contribution in [2.24, 2.45) is 0 Å². The SMILES string of the molecule is CCOc1cccc(-c2nc3ncc(NSC4CC4)nc3n2-c2c(OC)cccc2OC)n1. The van der Waals surface area contributed by atoms with Gasteiger partial charge in [-0.25, -0.2) is 19.9 Å². The summed E-state index contributed by atoms with van der Waals surface area (Å²) in [5.41, 5.74) is 2.35. The molecule has 0 radical (unpaired) electrons. The van der Waals surface area contributed by atoms with E-state index in [-0.39, 0.29) is 0 Å². The van der Waals surface area contributed by atoms with Crippen molar-refractivity contribution in [2.75, 3.05) is 25.5 Å². The molecule has 0 spiro atoms. The number of fused-ring (bicyclic) bond motifs is 1. The fraction of sp³-hybridized carbons (Fsp3) is 0.304. The molecule has 3 aromatic heterocycles. The molecule has 0 unspecified atom stereocenters. The summed E-state index contributed by atoms with van der Waals surface area (Å²) in [4.78, 5) is 18.9. The van der Waals surface area contributed by atoms with Gasteiger partial charge in [-0.15, -0.1) is 0 Å². The quantitative estimate of drug-likeness (QED) is 0.359. The molecule has 1 fully saturated rings. The zero-order valence-corrected chi connectivity index (χ0v) is 19.4. The van der Waals surface area contributed by atoms with E-state index < -0.39 is 0 Å². The molecule has 0 amide bonds. The molecule has 9 nitrogen and oxygen atoms in total. The van der Waals surface area contributed by atoms with Crippen molar-refractivity contribution in [3.05, 3.63) is 42.6 Å². The third-order valence-electron chi connectivity index (χ3n) is 5.10. The van der Waals surface area contributed by atoms with E-state index in [0.29, 0.717) is 63.6 Å². The Morgan fingerprint density at radius 2 is 1.79 bits per heavy atom. The van der Waals surface area contributed by atoms with Crippen molar-refractivity contribution >= 4 is 29.1 Å². The third kappa shape index (κ3) is 4.25. The number of ether oxygens (including phenoxy) is 3. The van der Waals surface area contributed by atoms with Crippen LogP contribution in [0, 0.1) is 0 Å². The minimum Gasteiger partial charge on any atom is -0.494 e. The van der Waals surface area contributed by atoms with Crippen molar-refractivity contribution in [2.45, 2.75) is 25.0 Å². The summed E-state index contributed by atoms with van der Waals surface area (Å²) < 4.78 is 22.2. The molecule has 0 saturated heterocycles. The molecule has 1 aliphatic carbocycles. The van der Waals surface area contributed by atoms with Crippen LogP contribution in [0.15, 0.2) is 42.6 Å². The van der Waals surface area contributed by atoms with Crippen molar-refractivity contribution in [1.29, 1.82) is 0 Å². The van der Waals surface area contributed by atoms with E-state index in [0.717, 1.165) is 0 Å². The highest BCUT2D eigenvalue weighted by Crippen LogP contribution is 2.38. The number of aromatic nitrogens is 5. The molecule has 0 atom stereocenters. The smallest absolute Gasteiger partial charge is 0.213 e. The molecule has 170 valence electrons. The summed E-state index contributed by atoms with van der Waals surface area (Å²) in [5, 5.41) is 0.628. The van der Waals surface area contributed by atoms with E-state index in [1.54, 1.807) is 32.4 Å². The van der Waals surface area contributed by atoms with Gasteiger partial charge in [0.25, 0.3) is 0 Å². The molecule has 1 aliphatic rings. The Kier molecular flexibility index (Phi) is 5.91. The standard InChI is InChI=1S/C23H24N6O3S/c1-4-32-19-10-5-7-15(25-19)22-27-21-23(26-18(13-24-21)28-33-14-11-12-14)29(22)20-16(30-2)8-6-9-17(20)31-3/h5-10,13-14H,4,11-12H2,1-3H3,(H,26,28). The van der Waals surface area contributed by atoms with Crippen molar-refractivity contribution in [3.63, 3.8) is 0 Å². The predicted molar refractivity (Wildman–Crippen MR) is 128 cm³/mol. The number of hydrogen-bond donors (Lipinski definition) is 1. The maximum atomic E-state index is 5.69. The van der Waals surface area contributed by atoms with Crippen LogP contribution in [0.1, 0.15) is 19.8 Å². The van der Waals surface area contributed by atoms with Crippen LogP contribution in [0.25, 0.3) is 28.5 Å². The van der Waals surface area contributed by atoms with Crippen LogP contribution < -0.4 is 18.9 Å². The number of anilines is 1. The summed E-state index contributed by atoms with van der Waals surface area (Å²) in [6.07, 6.45) is 4.13. The lowest BCUT2D eigenvalue weighted by molar-refractivity contribution is 0.327. The molecular weight excluding hydrogens is 440 g/mol. The molecule has 1 saturated carbocycles. The van der Waals surface area contributed by atoms with Gasteiger partial charge in [0.05, 0.1) is 27.0 Å². The molecule has 4 aromatic rings. The summed E-state index contributed by atoms with van der Waals surface area (Å²) in [6, 6.07) is 11.2. The highest BCUT2D eigenvalue weighted by atomic mass is 32.2. The maximum Gasteiger partial charge on any atom is 0.213 e. The van der Waals surface area contributed by atoms with Gasteiger partial charge in [-0.1, -0.05) is 12.1 Å². The lowest BCUT2D eigenvalue weighted by atomic mass is 10.2. The van der Waals surface area contributed by atoms with Gasteiger partial charge < -0.3 is 18.9 Å². The number of para-hydroxylation sites is 1. The van der Waals surface area contributed by atoms with Gasteiger partial charge in [0.15, 0.2) is 22.9 Å². The van der Waals surface area contributed by atoms with Crippen LogP contribution in [0.5, 0.6) is 17.4 Å². The van der Waals surface area contributed by atoms with Crippen LogP contribution in [0.4, 0.5) is 5.82 Å². The first-order valence-electron chi connectivity index (χ1n) is 10.7. The number of imidazole rings is 1. The Labute approximate surface area is 195 Å². The van der Waals surface area contributed by atoms with E-state index in [1.807, 2.05) is 47.9 Å². The highest BCUT2D eigenvalue weighted by Gasteiger charge is 2.25. The number of benzene rings is 1. The van der Waals surface area contributed by atoms with Crippen molar-refractivity contribution < 1.29 is 14.2 Å². The van der Waals surface area contributed by atoms with Gasteiger partial charge in [-0.2, -0.15) is 0 Å². The first-order chi connectivity index (χ1) is 16.2. The van der Waals surface area contributed by atoms with E-state index in [2.05, 4.69) is 14.7 Å².